The number of carbonyl (C=O) groups excluding carboxylic acids is 1. The van der Waals surface area contributed by atoms with Crippen LogP contribution in [0.3, 0.4) is 0 Å². The van der Waals surface area contributed by atoms with Gasteiger partial charge in [0.05, 0.1) is 30.9 Å². The molecule has 2 saturated heterocycles. The minimum absolute atomic E-state index is 0.156. The van der Waals surface area contributed by atoms with Crippen LogP contribution in [-0.4, -0.2) is 62.2 Å². The summed E-state index contributed by atoms with van der Waals surface area (Å²) in [5, 5.41) is 0. The Kier molecular flexibility index (Phi) is 4.95. The second kappa shape index (κ2) is 7.61. The molecule has 0 saturated carbocycles. The van der Waals surface area contributed by atoms with Gasteiger partial charge in [-0.25, -0.2) is 0 Å². The Balaban J connectivity index is 1.32. The van der Waals surface area contributed by atoms with Crippen LogP contribution in [0.5, 0.6) is 0 Å². The van der Waals surface area contributed by atoms with E-state index in [4.69, 9.17) is 21.1 Å². The van der Waals surface area contributed by atoms with Gasteiger partial charge in [-0.2, -0.15) is 0 Å². The highest BCUT2D eigenvalue weighted by atomic mass is 35.5. The van der Waals surface area contributed by atoms with Crippen molar-refractivity contribution in [2.75, 3.05) is 55.1 Å². The highest BCUT2D eigenvalue weighted by Crippen LogP contribution is 2.47. The first-order valence-corrected chi connectivity index (χ1v) is 10.6. The third kappa shape index (κ3) is 3.20. The van der Waals surface area contributed by atoms with Crippen LogP contribution in [-0.2, 0) is 20.1 Å². The molecule has 0 radical (unpaired) electrons. The Morgan fingerprint density at radius 1 is 1.00 bits per heavy atom. The largest absolute Gasteiger partial charge is 0.369 e. The third-order valence-electron chi connectivity index (χ3n) is 5.89. The number of nitrogens with zero attached hydrogens (tertiary/aromatic N) is 3. The van der Waals surface area contributed by atoms with Crippen LogP contribution in [0.1, 0.15) is 5.56 Å². The lowest BCUT2D eigenvalue weighted by molar-refractivity contribution is -0.185. The minimum atomic E-state index is -1.35. The molecule has 2 aromatic rings. The Morgan fingerprint density at radius 2 is 1.72 bits per heavy atom. The fourth-order valence-electron chi connectivity index (χ4n) is 4.36. The molecule has 2 aromatic carbocycles. The summed E-state index contributed by atoms with van der Waals surface area (Å²) >= 11 is 5.96. The molecule has 0 N–H and O–H groups in total. The number of halogens is 1. The first-order chi connectivity index (χ1) is 14.2. The maximum atomic E-state index is 13.4. The van der Waals surface area contributed by atoms with Gasteiger partial charge >= 0.3 is 0 Å². The molecule has 2 atom stereocenters. The number of piperazine rings is 1. The van der Waals surface area contributed by atoms with Gasteiger partial charge in [0.2, 0.25) is 0 Å². The number of hydrogen-bond acceptors (Lipinski definition) is 5. The predicted molar refractivity (Wildman–Crippen MR) is 112 cm³/mol. The van der Waals surface area contributed by atoms with Crippen molar-refractivity contribution in [1.82, 2.24) is 4.90 Å². The van der Waals surface area contributed by atoms with E-state index < -0.39 is 5.79 Å². The highest BCUT2D eigenvalue weighted by Gasteiger charge is 2.58. The zero-order valence-corrected chi connectivity index (χ0v) is 16.9. The predicted octanol–water partition coefficient (Wildman–Crippen LogP) is 2.62. The number of rotatable bonds is 4. The smallest absolute Gasteiger partial charge is 0.293 e. The SMILES string of the molecule is O=C1N(CN2CCN(c3ccccc3)CC2)c2ccccc2[C@@]12OC[C@H](CCl)O2. The van der Waals surface area contributed by atoms with Crippen molar-refractivity contribution in [2.24, 2.45) is 0 Å². The summed E-state index contributed by atoms with van der Waals surface area (Å²) < 4.78 is 11.9. The molecule has 3 aliphatic rings. The number of alkyl halides is 1. The second-order valence-corrected chi connectivity index (χ2v) is 7.96. The number of benzene rings is 2. The van der Waals surface area contributed by atoms with E-state index in [2.05, 4.69) is 34.1 Å². The maximum absolute atomic E-state index is 13.4. The number of hydrogen-bond donors (Lipinski definition) is 0. The van der Waals surface area contributed by atoms with Crippen LogP contribution in [0.4, 0.5) is 11.4 Å². The molecule has 1 amide bonds. The number of ether oxygens (including phenoxy) is 2. The van der Waals surface area contributed by atoms with Gasteiger partial charge in [0.1, 0.15) is 0 Å². The minimum Gasteiger partial charge on any atom is -0.369 e. The summed E-state index contributed by atoms with van der Waals surface area (Å²) in [6.45, 7) is 4.49. The second-order valence-electron chi connectivity index (χ2n) is 7.65. The van der Waals surface area contributed by atoms with Crippen LogP contribution in [0.25, 0.3) is 0 Å². The van der Waals surface area contributed by atoms with Gasteiger partial charge in [-0.3, -0.25) is 14.6 Å². The van der Waals surface area contributed by atoms with E-state index in [0.717, 1.165) is 37.4 Å². The average Bonchev–Trinajstić information content (AvgIpc) is 3.32. The Labute approximate surface area is 175 Å². The maximum Gasteiger partial charge on any atom is 0.293 e. The molecule has 2 fully saturated rings. The van der Waals surface area contributed by atoms with Gasteiger partial charge in [-0.1, -0.05) is 36.4 Å². The van der Waals surface area contributed by atoms with E-state index in [1.54, 1.807) is 4.90 Å². The Bertz CT molecular complexity index is 888. The lowest BCUT2D eigenvalue weighted by Crippen LogP contribution is -2.52. The monoisotopic (exact) mass is 413 g/mol. The molecule has 3 aliphatic heterocycles. The molecule has 3 heterocycles. The molecule has 7 heteroatoms. The third-order valence-corrected chi connectivity index (χ3v) is 6.23. The zero-order valence-electron chi connectivity index (χ0n) is 16.2. The molecule has 0 unspecified atom stereocenters. The van der Waals surface area contributed by atoms with Crippen LogP contribution in [0.2, 0.25) is 0 Å². The number of carbonyl (C=O) groups is 1. The fraction of sp³-hybridized carbons (Fsp3) is 0.409. The molecule has 0 aromatic heterocycles. The van der Waals surface area contributed by atoms with Crippen molar-refractivity contribution in [1.29, 1.82) is 0 Å². The van der Waals surface area contributed by atoms with Crippen LogP contribution in [0.15, 0.2) is 54.6 Å². The van der Waals surface area contributed by atoms with E-state index in [1.807, 2.05) is 30.3 Å². The van der Waals surface area contributed by atoms with E-state index in [1.165, 1.54) is 5.69 Å². The number of amides is 1. The molecular weight excluding hydrogens is 390 g/mol. The normalized spacial score (nSPS) is 27.1. The first kappa shape index (κ1) is 18.9. The van der Waals surface area contributed by atoms with Crippen molar-refractivity contribution in [3.63, 3.8) is 0 Å². The van der Waals surface area contributed by atoms with Gasteiger partial charge in [0.25, 0.3) is 11.7 Å². The molecule has 6 nitrogen and oxygen atoms in total. The number of anilines is 2. The van der Waals surface area contributed by atoms with Crippen molar-refractivity contribution in [3.05, 3.63) is 60.2 Å². The highest BCUT2D eigenvalue weighted by molar-refractivity contribution is 6.18. The summed E-state index contributed by atoms with van der Waals surface area (Å²) in [5.41, 5.74) is 2.88. The first-order valence-electron chi connectivity index (χ1n) is 10.0. The lowest BCUT2D eigenvalue weighted by atomic mass is 10.1. The van der Waals surface area contributed by atoms with E-state index >= 15 is 0 Å². The van der Waals surface area contributed by atoms with Crippen molar-refractivity contribution in [2.45, 2.75) is 11.9 Å². The molecular formula is C22H24ClN3O3. The van der Waals surface area contributed by atoms with Crippen LogP contribution >= 0.6 is 11.6 Å². The molecule has 0 aliphatic carbocycles. The van der Waals surface area contributed by atoms with E-state index in [0.29, 0.717) is 19.2 Å². The summed E-state index contributed by atoms with van der Waals surface area (Å²) in [7, 11) is 0. The molecule has 29 heavy (non-hydrogen) atoms. The van der Waals surface area contributed by atoms with Gasteiger partial charge in [0.15, 0.2) is 0 Å². The topological polar surface area (TPSA) is 45.3 Å². The van der Waals surface area contributed by atoms with Crippen LogP contribution in [0, 0.1) is 0 Å². The molecule has 1 spiro atoms. The standard InChI is InChI=1S/C22H24ClN3O3/c23-14-18-15-28-22(29-18)19-8-4-5-9-20(19)26(21(22)27)16-24-10-12-25(13-11-24)17-6-2-1-3-7-17/h1-9,18H,10-16H2/t18-,22-/m0/s1. The van der Waals surface area contributed by atoms with Crippen molar-refractivity contribution < 1.29 is 14.3 Å². The summed E-state index contributed by atoms with van der Waals surface area (Å²) in [4.78, 5) is 19.9. The molecule has 152 valence electrons. The van der Waals surface area contributed by atoms with Gasteiger partial charge in [-0.05, 0) is 18.2 Å². The number of fused-ring (bicyclic) bond motifs is 2. The van der Waals surface area contributed by atoms with E-state index in [9.17, 15) is 4.79 Å². The fourth-order valence-corrected chi connectivity index (χ4v) is 4.51. The Hall–Kier alpha value is -2.12. The van der Waals surface area contributed by atoms with Gasteiger partial charge in [-0.15, -0.1) is 11.6 Å². The summed E-state index contributed by atoms with van der Waals surface area (Å²) in [6.07, 6.45) is -0.275. The molecule has 0 bridgehead atoms. The van der Waals surface area contributed by atoms with Crippen LogP contribution < -0.4 is 9.80 Å². The summed E-state index contributed by atoms with van der Waals surface area (Å²) in [5.74, 6) is -1.20. The van der Waals surface area contributed by atoms with Gasteiger partial charge < -0.3 is 14.4 Å². The van der Waals surface area contributed by atoms with Gasteiger partial charge in [0, 0.05) is 37.4 Å². The van der Waals surface area contributed by atoms with Crippen molar-refractivity contribution >= 4 is 28.9 Å². The van der Waals surface area contributed by atoms with Crippen molar-refractivity contribution in [3.8, 4) is 0 Å². The quantitative estimate of drug-likeness (QED) is 0.721. The Morgan fingerprint density at radius 3 is 2.45 bits per heavy atom. The van der Waals surface area contributed by atoms with E-state index in [-0.39, 0.29) is 12.0 Å². The lowest BCUT2D eigenvalue weighted by Gasteiger charge is -2.38. The molecule has 5 rings (SSSR count). The summed E-state index contributed by atoms with van der Waals surface area (Å²) in [6, 6.07) is 18.2. The number of para-hydroxylation sites is 2. The zero-order chi connectivity index (χ0) is 19.8. The average molecular weight is 414 g/mol.